The van der Waals surface area contributed by atoms with Crippen molar-refractivity contribution in [2.24, 2.45) is 5.92 Å². The molecular weight excluding hydrogens is 444 g/mol. The van der Waals surface area contributed by atoms with Gasteiger partial charge < -0.3 is 20.6 Å². The van der Waals surface area contributed by atoms with Crippen LogP contribution in [0.5, 0.6) is 0 Å². The van der Waals surface area contributed by atoms with E-state index in [2.05, 4.69) is 10.6 Å². The summed E-state index contributed by atoms with van der Waals surface area (Å²) in [6, 6.07) is 0.490. The monoisotopic (exact) mass is 467 g/mol. The molecule has 2 atom stereocenters. The number of carbonyl (C=O) groups excluding carboxylic acids is 2. The van der Waals surface area contributed by atoms with E-state index in [1.807, 2.05) is 0 Å². The Morgan fingerprint density at radius 1 is 1.03 bits per heavy atom. The Kier molecular flexibility index (Phi) is 7.03. The topological polar surface area (TPSA) is 81.7 Å². The zero-order valence-electron chi connectivity index (χ0n) is 16.9. The number of amides is 2. The third-order valence-corrected chi connectivity index (χ3v) is 5.68. The van der Waals surface area contributed by atoms with E-state index in [1.54, 1.807) is 4.90 Å². The van der Waals surface area contributed by atoms with Crippen molar-refractivity contribution in [2.75, 3.05) is 25.0 Å². The molecule has 1 aromatic rings. The standard InChI is InChI=1S/C20H23F6N3O3/c21-19(22,23)12-6-13(20(24,25)26)8-14(7-12)28-17(31)5-11-1-3-29(4-2-11)18(32)16-9-15(30)10-27-16/h6-8,11,15-16,27,30H,1-5,9-10H2,(H,28,31)/t15-,16+/m1/s1. The molecule has 1 aromatic carbocycles. The van der Waals surface area contributed by atoms with Crippen LogP contribution in [0, 0.1) is 5.92 Å². The number of benzene rings is 1. The molecule has 0 saturated carbocycles. The molecule has 2 aliphatic rings. The van der Waals surface area contributed by atoms with Gasteiger partial charge in [-0.1, -0.05) is 0 Å². The Morgan fingerprint density at radius 2 is 1.59 bits per heavy atom. The highest BCUT2D eigenvalue weighted by molar-refractivity contribution is 5.91. The van der Waals surface area contributed by atoms with Crippen LogP contribution in [0.4, 0.5) is 32.0 Å². The van der Waals surface area contributed by atoms with E-state index in [0.29, 0.717) is 51.0 Å². The molecule has 0 unspecified atom stereocenters. The van der Waals surface area contributed by atoms with Gasteiger partial charge in [0, 0.05) is 31.7 Å². The summed E-state index contributed by atoms with van der Waals surface area (Å²) in [5, 5.41) is 14.6. The Morgan fingerprint density at radius 3 is 2.06 bits per heavy atom. The summed E-state index contributed by atoms with van der Waals surface area (Å²) >= 11 is 0. The second-order valence-electron chi connectivity index (χ2n) is 8.17. The Balaban J connectivity index is 1.57. The van der Waals surface area contributed by atoms with Crippen LogP contribution in [0.2, 0.25) is 0 Å². The first-order valence-electron chi connectivity index (χ1n) is 10.1. The van der Waals surface area contributed by atoms with Crippen LogP contribution in [0.3, 0.4) is 0 Å². The van der Waals surface area contributed by atoms with Gasteiger partial charge in [0.25, 0.3) is 0 Å². The van der Waals surface area contributed by atoms with Crippen LogP contribution in [0.25, 0.3) is 0 Å². The van der Waals surface area contributed by atoms with Crippen molar-refractivity contribution >= 4 is 17.5 Å². The summed E-state index contributed by atoms with van der Waals surface area (Å²) in [7, 11) is 0. The first-order valence-corrected chi connectivity index (χ1v) is 10.1. The normalized spacial score (nSPS) is 22.8. The molecule has 6 nitrogen and oxygen atoms in total. The van der Waals surface area contributed by atoms with Gasteiger partial charge in [0.05, 0.1) is 23.3 Å². The summed E-state index contributed by atoms with van der Waals surface area (Å²) in [4.78, 5) is 26.3. The minimum Gasteiger partial charge on any atom is -0.392 e. The number of nitrogens with one attached hydrogen (secondary N) is 2. The molecule has 0 radical (unpaired) electrons. The highest BCUT2D eigenvalue weighted by Crippen LogP contribution is 2.37. The second-order valence-corrected chi connectivity index (χ2v) is 8.17. The van der Waals surface area contributed by atoms with Gasteiger partial charge in [-0.15, -0.1) is 0 Å². The maximum Gasteiger partial charge on any atom is 0.416 e. The van der Waals surface area contributed by atoms with Crippen molar-refractivity contribution in [3.63, 3.8) is 0 Å². The zero-order valence-corrected chi connectivity index (χ0v) is 16.9. The van der Waals surface area contributed by atoms with E-state index in [-0.39, 0.29) is 24.3 Å². The van der Waals surface area contributed by atoms with Gasteiger partial charge in [0.2, 0.25) is 11.8 Å². The number of β-amino-alcohol motifs (C(OH)–C–C–N with tert-alkyl or cyclic N) is 1. The molecule has 2 heterocycles. The third kappa shape index (κ3) is 6.12. The molecule has 3 N–H and O–H groups in total. The van der Waals surface area contributed by atoms with Gasteiger partial charge in [-0.25, -0.2) is 0 Å². The van der Waals surface area contributed by atoms with E-state index in [4.69, 9.17) is 0 Å². The van der Waals surface area contributed by atoms with E-state index in [1.165, 1.54) is 0 Å². The van der Waals surface area contributed by atoms with Crippen molar-refractivity contribution < 1.29 is 41.0 Å². The largest absolute Gasteiger partial charge is 0.416 e. The molecule has 2 amide bonds. The molecular formula is C20H23F6N3O3. The zero-order chi connectivity index (χ0) is 23.7. The van der Waals surface area contributed by atoms with Crippen molar-refractivity contribution in [1.29, 1.82) is 0 Å². The number of hydrogen-bond acceptors (Lipinski definition) is 4. The number of piperidine rings is 1. The van der Waals surface area contributed by atoms with E-state index in [0.717, 1.165) is 0 Å². The van der Waals surface area contributed by atoms with Crippen molar-refractivity contribution in [3.8, 4) is 0 Å². The average molecular weight is 467 g/mol. The second kappa shape index (κ2) is 9.26. The van der Waals surface area contributed by atoms with Crippen LogP contribution < -0.4 is 10.6 Å². The molecule has 3 rings (SSSR count). The summed E-state index contributed by atoms with van der Waals surface area (Å²) in [5.74, 6) is -0.982. The highest BCUT2D eigenvalue weighted by Gasteiger charge is 2.37. The van der Waals surface area contributed by atoms with Crippen molar-refractivity contribution in [1.82, 2.24) is 10.2 Å². The number of halogens is 6. The fourth-order valence-electron chi connectivity index (χ4n) is 3.98. The number of alkyl halides is 6. The summed E-state index contributed by atoms with van der Waals surface area (Å²) < 4.78 is 77.7. The van der Waals surface area contributed by atoms with E-state index in [9.17, 15) is 41.0 Å². The molecule has 178 valence electrons. The van der Waals surface area contributed by atoms with Crippen LogP contribution >= 0.6 is 0 Å². The smallest absolute Gasteiger partial charge is 0.392 e. The quantitative estimate of drug-likeness (QED) is 0.595. The molecule has 0 spiro atoms. The summed E-state index contributed by atoms with van der Waals surface area (Å²) in [6.07, 6.45) is -9.36. The summed E-state index contributed by atoms with van der Waals surface area (Å²) in [6.45, 7) is 1.11. The van der Waals surface area contributed by atoms with Crippen LogP contribution in [0.1, 0.15) is 36.8 Å². The third-order valence-electron chi connectivity index (χ3n) is 5.68. The fourth-order valence-corrected chi connectivity index (χ4v) is 3.98. The number of anilines is 1. The lowest BCUT2D eigenvalue weighted by molar-refractivity contribution is -0.143. The maximum atomic E-state index is 13.0. The molecule has 0 bridgehead atoms. The highest BCUT2D eigenvalue weighted by atomic mass is 19.4. The molecule has 2 aliphatic heterocycles. The predicted molar refractivity (Wildman–Crippen MR) is 101 cm³/mol. The minimum atomic E-state index is -5.00. The van der Waals surface area contributed by atoms with Gasteiger partial charge in [-0.2, -0.15) is 26.3 Å². The van der Waals surface area contributed by atoms with E-state index < -0.39 is 47.2 Å². The van der Waals surface area contributed by atoms with Gasteiger partial charge in [0.1, 0.15) is 0 Å². The van der Waals surface area contributed by atoms with E-state index >= 15 is 0 Å². The van der Waals surface area contributed by atoms with Crippen molar-refractivity contribution in [2.45, 2.75) is 50.2 Å². The lowest BCUT2D eigenvalue weighted by Gasteiger charge is -2.33. The van der Waals surface area contributed by atoms with Gasteiger partial charge >= 0.3 is 12.4 Å². The number of aliphatic hydroxyl groups is 1. The molecule has 2 saturated heterocycles. The van der Waals surface area contributed by atoms with Gasteiger partial charge in [0.15, 0.2) is 0 Å². The molecule has 12 heteroatoms. The fraction of sp³-hybridized carbons (Fsp3) is 0.600. The Hall–Kier alpha value is -2.34. The number of likely N-dealkylation sites (tertiary alicyclic amines) is 1. The average Bonchev–Trinajstić information content (AvgIpc) is 3.12. The van der Waals surface area contributed by atoms with Crippen LogP contribution in [-0.4, -0.2) is 53.6 Å². The number of aliphatic hydroxyl groups excluding tert-OH is 1. The molecule has 2 fully saturated rings. The molecule has 0 aromatic heterocycles. The number of carbonyl (C=O) groups is 2. The van der Waals surface area contributed by atoms with Crippen LogP contribution in [0.15, 0.2) is 18.2 Å². The Bertz CT molecular complexity index is 818. The summed E-state index contributed by atoms with van der Waals surface area (Å²) in [5.41, 5.74) is -3.57. The number of rotatable bonds is 4. The Labute approximate surface area is 179 Å². The lowest BCUT2D eigenvalue weighted by Crippen LogP contribution is -2.47. The predicted octanol–water partition coefficient (Wildman–Crippen LogP) is 3.01. The lowest BCUT2D eigenvalue weighted by atomic mass is 9.92. The van der Waals surface area contributed by atoms with Gasteiger partial charge in [-0.05, 0) is 43.4 Å². The minimum absolute atomic E-state index is 0.000586. The number of hydrogen-bond donors (Lipinski definition) is 3. The van der Waals surface area contributed by atoms with Gasteiger partial charge in [-0.3, -0.25) is 9.59 Å². The first kappa shape index (κ1) is 24.3. The maximum absolute atomic E-state index is 13.0. The molecule has 0 aliphatic carbocycles. The van der Waals surface area contributed by atoms with Crippen molar-refractivity contribution in [3.05, 3.63) is 29.3 Å². The number of nitrogens with zero attached hydrogens (tertiary/aromatic N) is 1. The molecule has 32 heavy (non-hydrogen) atoms. The SMILES string of the molecule is O=C(CC1CCN(C(=O)[C@@H]2C[C@@H](O)CN2)CC1)Nc1cc(C(F)(F)F)cc(C(F)(F)F)c1. The van der Waals surface area contributed by atoms with Crippen LogP contribution in [-0.2, 0) is 21.9 Å². The first-order chi connectivity index (χ1) is 14.8.